The van der Waals surface area contributed by atoms with E-state index < -0.39 is 6.03 Å². The maximum absolute atomic E-state index is 11.8. The van der Waals surface area contributed by atoms with Gasteiger partial charge >= 0.3 is 6.03 Å². The highest BCUT2D eigenvalue weighted by molar-refractivity contribution is 9.11. The summed E-state index contributed by atoms with van der Waals surface area (Å²) in [5, 5.41) is 3.08. The van der Waals surface area contributed by atoms with Gasteiger partial charge in [-0.3, -0.25) is 9.69 Å². The van der Waals surface area contributed by atoms with E-state index in [0.717, 1.165) is 8.95 Å². The fourth-order valence-electron chi connectivity index (χ4n) is 1.37. The van der Waals surface area contributed by atoms with Crippen LogP contribution in [0.3, 0.4) is 0 Å². The molecule has 0 unspecified atom stereocenters. The third-order valence-corrected chi connectivity index (χ3v) is 4.71. The van der Waals surface area contributed by atoms with Gasteiger partial charge in [-0.15, -0.1) is 0 Å². The first kappa shape index (κ1) is 14.5. The Morgan fingerprint density at radius 1 is 1.42 bits per heavy atom. The summed E-state index contributed by atoms with van der Waals surface area (Å²) >= 11 is 7.94. The summed E-state index contributed by atoms with van der Waals surface area (Å²) < 4.78 is 1.50. The van der Waals surface area contributed by atoms with E-state index in [1.165, 1.54) is 16.7 Å². The van der Waals surface area contributed by atoms with Crippen LogP contribution in [-0.4, -0.2) is 34.8 Å². The molecule has 100 valence electrons. The predicted molar refractivity (Wildman–Crippen MR) is 83.5 cm³/mol. The van der Waals surface area contributed by atoms with Crippen molar-refractivity contribution in [2.75, 3.05) is 18.1 Å². The first-order valence-corrected chi connectivity index (χ1v) is 7.79. The zero-order valence-electron chi connectivity index (χ0n) is 9.81. The van der Waals surface area contributed by atoms with Crippen LogP contribution in [0.1, 0.15) is 0 Å². The standard InChI is InChI=1S/C11H9Br2N3O2S/c1-16-8(17)5-19-11(16)15-10(18)14-9-6(12)3-2-4-7(9)13/h2-4H,5H2,1H3,(H,14,18). The van der Waals surface area contributed by atoms with Crippen LogP contribution in [0.25, 0.3) is 0 Å². The number of amides is 3. The summed E-state index contributed by atoms with van der Waals surface area (Å²) in [5.41, 5.74) is 0.605. The lowest BCUT2D eigenvalue weighted by Gasteiger charge is -2.09. The summed E-state index contributed by atoms with van der Waals surface area (Å²) in [5.74, 6) is 0.264. The van der Waals surface area contributed by atoms with Gasteiger partial charge in [-0.2, -0.15) is 4.99 Å². The van der Waals surface area contributed by atoms with Crippen molar-refractivity contribution in [3.8, 4) is 0 Å². The van der Waals surface area contributed by atoms with E-state index >= 15 is 0 Å². The molecule has 0 spiro atoms. The number of thioether (sulfide) groups is 1. The number of aliphatic imine (C=N–C) groups is 1. The highest BCUT2D eigenvalue weighted by atomic mass is 79.9. The molecule has 1 aliphatic rings. The highest BCUT2D eigenvalue weighted by Gasteiger charge is 2.25. The quantitative estimate of drug-likeness (QED) is 0.778. The van der Waals surface area contributed by atoms with Crippen LogP contribution < -0.4 is 5.32 Å². The molecule has 1 aromatic carbocycles. The molecule has 2 rings (SSSR count). The van der Waals surface area contributed by atoms with Gasteiger partial charge in [0.2, 0.25) is 5.91 Å². The Morgan fingerprint density at radius 2 is 2.05 bits per heavy atom. The van der Waals surface area contributed by atoms with E-state index in [-0.39, 0.29) is 5.91 Å². The average molecular weight is 407 g/mol. The summed E-state index contributed by atoms with van der Waals surface area (Å²) in [6.07, 6.45) is 0. The summed E-state index contributed by atoms with van der Waals surface area (Å²) in [7, 11) is 1.60. The number of urea groups is 1. The molecule has 1 N–H and O–H groups in total. The van der Waals surface area contributed by atoms with Gasteiger partial charge < -0.3 is 5.32 Å². The van der Waals surface area contributed by atoms with Gasteiger partial charge in [0.25, 0.3) is 0 Å². The third-order valence-electron chi connectivity index (χ3n) is 2.38. The number of nitrogens with one attached hydrogen (secondary N) is 1. The summed E-state index contributed by atoms with van der Waals surface area (Å²) in [6, 6.07) is 4.95. The molecular weight excluding hydrogens is 398 g/mol. The molecule has 1 aliphatic heterocycles. The SMILES string of the molecule is CN1C(=O)CSC1=NC(=O)Nc1c(Br)cccc1Br. The van der Waals surface area contributed by atoms with Crippen LogP contribution in [-0.2, 0) is 4.79 Å². The number of carbonyl (C=O) groups excluding carboxylic acids is 2. The van der Waals surface area contributed by atoms with Gasteiger partial charge in [-0.05, 0) is 44.0 Å². The number of benzene rings is 1. The van der Waals surface area contributed by atoms with E-state index in [9.17, 15) is 9.59 Å². The minimum absolute atomic E-state index is 0.0568. The van der Waals surface area contributed by atoms with Gasteiger partial charge in [-0.25, -0.2) is 4.79 Å². The normalized spacial score (nSPS) is 17.1. The average Bonchev–Trinajstić information content (AvgIpc) is 2.66. The van der Waals surface area contributed by atoms with Crippen molar-refractivity contribution in [1.82, 2.24) is 4.90 Å². The Bertz CT molecular complexity index is 557. The lowest BCUT2D eigenvalue weighted by atomic mass is 10.3. The van der Waals surface area contributed by atoms with Crippen LogP contribution in [0.2, 0.25) is 0 Å². The zero-order valence-corrected chi connectivity index (χ0v) is 13.8. The molecule has 0 aromatic heterocycles. The Hall–Kier alpha value is -0.860. The number of rotatable bonds is 1. The van der Waals surface area contributed by atoms with Crippen molar-refractivity contribution in [3.05, 3.63) is 27.1 Å². The first-order chi connectivity index (χ1) is 8.99. The lowest BCUT2D eigenvalue weighted by molar-refractivity contribution is -0.123. The van der Waals surface area contributed by atoms with Crippen LogP contribution in [0.5, 0.6) is 0 Å². The minimum atomic E-state index is -0.517. The van der Waals surface area contributed by atoms with Gasteiger partial charge in [0.15, 0.2) is 5.17 Å². The second-order valence-corrected chi connectivity index (χ2v) is 6.31. The molecule has 1 heterocycles. The van der Waals surface area contributed by atoms with E-state index in [0.29, 0.717) is 16.6 Å². The maximum Gasteiger partial charge on any atom is 0.347 e. The monoisotopic (exact) mass is 405 g/mol. The Morgan fingerprint density at radius 3 is 2.58 bits per heavy atom. The second-order valence-electron chi connectivity index (χ2n) is 3.66. The van der Waals surface area contributed by atoms with E-state index in [1.54, 1.807) is 7.05 Å². The maximum atomic E-state index is 11.8. The molecule has 0 bridgehead atoms. The van der Waals surface area contributed by atoms with Gasteiger partial charge in [0.1, 0.15) is 0 Å². The van der Waals surface area contributed by atoms with Crippen molar-refractivity contribution in [3.63, 3.8) is 0 Å². The van der Waals surface area contributed by atoms with Gasteiger partial charge in [0, 0.05) is 16.0 Å². The van der Waals surface area contributed by atoms with Crippen LogP contribution in [0.15, 0.2) is 32.1 Å². The molecule has 1 aromatic rings. The number of nitrogens with zero attached hydrogens (tertiary/aromatic N) is 2. The van der Waals surface area contributed by atoms with E-state index in [2.05, 4.69) is 42.2 Å². The fraction of sp³-hybridized carbons (Fsp3) is 0.182. The molecule has 1 saturated heterocycles. The van der Waals surface area contributed by atoms with Crippen LogP contribution >= 0.6 is 43.6 Å². The number of carbonyl (C=O) groups is 2. The lowest BCUT2D eigenvalue weighted by Crippen LogP contribution is -2.25. The molecule has 5 nitrogen and oxygen atoms in total. The first-order valence-electron chi connectivity index (χ1n) is 5.22. The van der Waals surface area contributed by atoms with Crippen molar-refractivity contribution >= 4 is 66.4 Å². The smallest absolute Gasteiger partial charge is 0.304 e. The topological polar surface area (TPSA) is 61.8 Å². The molecule has 0 aliphatic carbocycles. The van der Waals surface area contributed by atoms with Crippen LogP contribution in [0.4, 0.5) is 10.5 Å². The number of amidine groups is 1. The molecule has 19 heavy (non-hydrogen) atoms. The van der Waals surface area contributed by atoms with Crippen LogP contribution in [0, 0.1) is 0 Å². The third kappa shape index (κ3) is 3.37. The van der Waals surface area contributed by atoms with E-state index in [1.807, 2.05) is 18.2 Å². The van der Waals surface area contributed by atoms with Crippen molar-refractivity contribution in [2.24, 2.45) is 4.99 Å². The molecule has 1 fully saturated rings. The Labute approximate surface area is 131 Å². The number of para-hydroxylation sites is 1. The van der Waals surface area contributed by atoms with Crippen molar-refractivity contribution in [1.29, 1.82) is 0 Å². The van der Waals surface area contributed by atoms with Crippen molar-refractivity contribution in [2.45, 2.75) is 0 Å². The number of halogens is 2. The number of hydrogen-bond donors (Lipinski definition) is 1. The summed E-state index contributed by atoms with van der Waals surface area (Å²) in [6.45, 7) is 0. The second kappa shape index (κ2) is 6.06. The molecule has 3 amide bonds. The number of anilines is 1. The molecular formula is C11H9Br2N3O2S. The molecule has 0 atom stereocenters. The Kier molecular flexibility index (Phi) is 4.64. The van der Waals surface area contributed by atoms with Crippen molar-refractivity contribution < 1.29 is 9.59 Å². The Balaban J connectivity index is 2.14. The zero-order chi connectivity index (χ0) is 14.0. The summed E-state index contributed by atoms with van der Waals surface area (Å²) in [4.78, 5) is 28.4. The van der Waals surface area contributed by atoms with Gasteiger partial charge in [0.05, 0.1) is 11.4 Å². The minimum Gasteiger partial charge on any atom is -0.304 e. The fourth-order valence-corrected chi connectivity index (χ4v) is 3.46. The largest absolute Gasteiger partial charge is 0.347 e. The molecule has 8 heteroatoms. The number of hydrogen-bond acceptors (Lipinski definition) is 3. The molecule has 0 saturated carbocycles. The molecule has 0 radical (unpaired) electrons. The van der Waals surface area contributed by atoms with Gasteiger partial charge in [-0.1, -0.05) is 17.8 Å². The predicted octanol–water partition coefficient (Wildman–Crippen LogP) is 3.30. The van der Waals surface area contributed by atoms with E-state index in [4.69, 9.17) is 0 Å². The highest BCUT2D eigenvalue weighted by Crippen LogP contribution is 2.30.